The first-order valence-corrected chi connectivity index (χ1v) is 8.97. The van der Waals surface area contributed by atoms with E-state index in [0.29, 0.717) is 12.6 Å². The molecule has 146 valence electrons. The van der Waals surface area contributed by atoms with Gasteiger partial charge in [-0.25, -0.2) is 9.78 Å². The van der Waals surface area contributed by atoms with Gasteiger partial charge in [0.15, 0.2) is 0 Å². The molecular formula is C16H21F3N2O4S. The lowest BCUT2D eigenvalue weighted by Gasteiger charge is -2.38. The number of aliphatic carboxylic acids is 1. The van der Waals surface area contributed by atoms with E-state index in [1.807, 2.05) is 17.7 Å². The third-order valence-corrected chi connectivity index (χ3v) is 4.91. The van der Waals surface area contributed by atoms with E-state index in [1.54, 1.807) is 11.3 Å². The van der Waals surface area contributed by atoms with Crippen LogP contribution < -0.4 is 0 Å². The highest BCUT2D eigenvalue weighted by molar-refractivity contribution is 7.09. The van der Waals surface area contributed by atoms with Gasteiger partial charge in [-0.1, -0.05) is 6.08 Å². The summed E-state index contributed by atoms with van der Waals surface area (Å²) in [6.45, 7) is 7.05. The van der Waals surface area contributed by atoms with Crippen LogP contribution in [-0.4, -0.2) is 65.1 Å². The highest BCUT2D eigenvalue weighted by atomic mass is 32.1. The van der Waals surface area contributed by atoms with Crippen molar-refractivity contribution in [2.24, 2.45) is 0 Å². The summed E-state index contributed by atoms with van der Waals surface area (Å²) in [6, 6.07) is 0.479. The van der Waals surface area contributed by atoms with Crippen LogP contribution in [-0.2, 0) is 20.8 Å². The number of morpholine rings is 1. The lowest BCUT2D eigenvalue weighted by atomic mass is 10.1. The Balaban J connectivity index is 0.000000298. The van der Waals surface area contributed by atoms with E-state index >= 15 is 0 Å². The second-order valence-corrected chi connectivity index (χ2v) is 6.82. The largest absolute Gasteiger partial charge is 0.490 e. The third-order valence-electron chi connectivity index (χ3n) is 4.14. The molecule has 1 aromatic rings. The molecular weight excluding hydrogens is 373 g/mol. The fraction of sp³-hybridized carbons (Fsp3) is 0.625. The van der Waals surface area contributed by atoms with Gasteiger partial charge in [-0.15, -0.1) is 17.9 Å². The third kappa shape index (κ3) is 5.76. The Morgan fingerprint density at radius 3 is 2.85 bits per heavy atom. The maximum absolute atomic E-state index is 10.6. The Bertz CT molecular complexity index is 583. The van der Waals surface area contributed by atoms with Crippen LogP contribution in [0.3, 0.4) is 0 Å². The maximum atomic E-state index is 10.6. The predicted molar refractivity (Wildman–Crippen MR) is 88.9 cm³/mol. The fourth-order valence-corrected chi connectivity index (χ4v) is 3.70. The number of fused-ring (bicyclic) bond motifs is 1. The van der Waals surface area contributed by atoms with Gasteiger partial charge >= 0.3 is 12.1 Å². The molecule has 2 aliphatic rings. The quantitative estimate of drug-likeness (QED) is 0.775. The van der Waals surface area contributed by atoms with E-state index < -0.39 is 12.1 Å². The molecule has 1 aromatic heterocycles. The Morgan fingerprint density at radius 1 is 1.54 bits per heavy atom. The molecule has 0 amide bonds. The number of nitrogens with zero attached hydrogens (tertiary/aromatic N) is 2. The highest BCUT2D eigenvalue weighted by Gasteiger charge is 2.43. The van der Waals surface area contributed by atoms with Gasteiger partial charge in [0, 0.05) is 24.2 Å². The van der Waals surface area contributed by atoms with E-state index in [1.165, 1.54) is 5.01 Å². The predicted octanol–water partition coefficient (Wildman–Crippen LogP) is 2.71. The molecule has 1 N–H and O–H groups in total. The molecule has 1 saturated heterocycles. The van der Waals surface area contributed by atoms with Crippen molar-refractivity contribution in [3.8, 4) is 0 Å². The fourth-order valence-electron chi connectivity index (χ4n) is 3.06. The van der Waals surface area contributed by atoms with Crippen LogP contribution in [0.4, 0.5) is 13.2 Å². The Morgan fingerprint density at radius 2 is 2.27 bits per heavy atom. The second-order valence-electron chi connectivity index (χ2n) is 5.84. The summed E-state index contributed by atoms with van der Waals surface area (Å²) in [5, 5.41) is 10.4. The van der Waals surface area contributed by atoms with Gasteiger partial charge < -0.3 is 14.6 Å². The smallest absolute Gasteiger partial charge is 0.475 e. The van der Waals surface area contributed by atoms with Crippen molar-refractivity contribution in [3.05, 3.63) is 29.2 Å². The van der Waals surface area contributed by atoms with Gasteiger partial charge in [0.1, 0.15) is 5.01 Å². The zero-order valence-electron chi connectivity index (χ0n) is 14.0. The van der Waals surface area contributed by atoms with Crippen molar-refractivity contribution in [3.63, 3.8) is 0 Å². The summed E-state index contributed by atoms with van der Waals surface area (Å²) in [5.74, 6) is -2.76. The standard InChI is InChI=1S/C14H20N2O2S.C2HF3O2/c1-2-7-17-12-4-3-11-14(12)18-8-6-16(11)10-13-15-5-9-19-13;3-2(4,5)1(6)7/h2,5,9,11-12,14H,1,3-4,6-8,10H2;(H,6,7)/t11-,12+,14+;/m0./s1. The lowest BCUT2D eigenvalue weighted by Crippen LogP contribution is -2.51. The van der Waals surface area contributed by atoms with Gasteiger partial charge in [0.2, 0.25) is 0 Å². The number of hydrogen-bond donors (Lipinski definition) is 1. The molecule has 2 fully saturated rings. The number of carbonyl (C=O) groups is 1. The molecule has 1 aliphatic heterocycles. The molecule has 0 unspecified atom stereocenters. The van der Waals surface area contributed by atoms with Crippen molar-refractivity contribution < 1.29 is 32.5 Å². The molecule has 10 heteroatoms. The first kappa shape index (κ1) is 20.8. The van der Waals surface area contributed by atoms with Crippen molar-refractivity contribution in [1.29, 1.82) is 0 Å². The maximum Gasteiger partial charge on any atom is 0.490 e. The average Bonchev–Trinajstić information content (AvgIpc) is 3.23. The van der Waals surface area contributed by atoms with Gasteiger partial charge in [-0.05, 0) is 12.8 Å². The van der Waals surface area contributed by atoms with Crippen LogP contribution in [0, 0.1) is 0 Å². The minimum absolute atomic E-state index is 0.216. The van der Waals surface area contributed by atoms with E-state index in [0.717, 1.165) is 32.5 Å². The summed E-state index contributed by atoms with van der Waals surface area (Å²) in [7, 11) is 0. The molecule has 0 aromatic carbocycles. The number of alkyl halides is 3. The molecule has 26 heavy (non-hydrogen) atoms. The number of rotatable bonds is 5. The number of carboxylic acids is 1. The molecule has 1 saturated carbocycles. The van der Waals surface area contributed by atoms with Crippen LogP contribution in [0.1, 0.15) is 17.8 Å². The molecule has 3 rings (SSSR count). The van der Waals surface area contributed by atoms with Crippen molar-refractivity contribution in [2.45, 2.75) is 43.8 Å². The number of hydrogen-bond acceptors (Lipinski definition) is 6. The summed E-state index contributed by atoms with van der Waals surface area (Å²) in [5.41, 5.74) is 0. The van der Waals surface area contributed by atoms with Crippen molar-refractivity contribution in [2.75, 3.05) is 19.8 Å². The van der Waals surface area contributed by atoms with E-state index in [2.05, 4.69) is 16.5 Å². The Labute approximate surface area is 153 Å². The monoisotopic (exact) mass is 394 g/mol. The van der Waals surface area contributed by atoms with E-state index in [-0.39, 0.29) is 12.2 Å². The van der Waals surface area contributed by atoms with Gasteiger partial charge in [-0.3, -0.25) is 4.90 Å². The Hall–Kier alpha value is -1.49. The van der Waals surface area contributed by atoms with Gasteiger partial charge in [-0.2, -0.15) is 13.2 Å². The van der Waals surface area contributed by atoms with E-state index in [4.69, 9.17) is 19.4 Å². The van der Waals surface area contributed by atoms with Crippen molar-refractivity contribution in [1.82, 2.24) is 9.88 Å². The molecule has 2 heterocycles. The normalized spacial score (nSPS) is 25.9. The summed E-state index contributed by atoms with van der Waals surface area (Å²) in [4.78, 5) is 15.8. The molecule has 0 spiro atoms. The number of halogens is 3. The average molecular weight is 394 g/mol. The van der Waals surface area contributed by atoms with Crippen molar-refractivity contribution >= 4 is 17.3 Å². The van der Waals surface area contributed by atoms with E-state index in [9.17, 15) is 13.2 Å². The lowest BCUT2D eigenvalue weighted by molar-refractivity contribution is -0.192. The first-order valence-electron chi connectivity index (χ1n) is 8.09. The summed E-state index contributed by atoms with van der Waals surface area (Å²) in [6.07, 6.45) is 1.28. The number of thiazole rings is 1. The van der Waals surface area contributed by atoms with Gasteiger partial charge in [0.25, 0.3) is 0 Å². The minimum atomic E-state index is -5.08. The van der Waals surface area contributed by atoms with Crippen LogP contribution in [0.25, 0.3) is 0 Å². The zero-order valence-corrected chi connectivity index (χ0v) is 14.8. The number of carboxylic acid groups (broad SMARTS) is 1. The summed E-state index contributed by atoms with van der Waals surface area (Å²) < 4.78 is 43.5. The topological polar surface area (TPSA) is 71.9 Å². The number of aromatic nitrogens is 1. The molecule has 3 atom stereocenters. The Kier molecular flexibility index (Phi) is 7.56. The second kappa shape index (κ2) is 9.45. The molecule has 1 aliphatic carbocycles. The molecule has 0 bridgehead atoms. The zero-order chi connectivity index (χ0) is 19.2. The van der Waals surface area contributed by atoms with Crippen LogP contribution in [0.5, 0.6) is 0 Å². The van der Waals surface area contributed by atoms with Crippen LogP contribution >= 0.6 is 11.3 Å². The minimum Gasteiger partial charge on any atom is -0.475 e. The SMILES string of the molecule is C=CCO[C@@H]1CC[C@H]2[C@H]1OCCN2Cc1nccs1.O=C(O)C(F)(F)F. The highest BCUT2D eigenvalue weighted by Crippen LogP contribution is 2.33. The molecule has 6 nitrogen and oxygen atoms in total. The van der Waals surface area contributed by atoms with Crippen LogP contribution in [0.2, 0.25) is 0 Å². The molecule has 0 radical (unpaired) electrons. The number of ether oxygens (including phenoxy) is 2. The van der Waals surface area contributed by atoms with Crippen LogP contribution in [0.15, 0.2) is 24.2 Å². The summed E-state index contributed by atoms with van der Waals surface area (Å²) >= 11 is 1.73. The van der Waals surface area contributed by atoms with Gasteiger partial charge in [0.05, 0.1) is 32.0 Å². The first-order chi connectivity index (χ1) is 12.3.